The van der Waals surface area contributed by atoms with Gasteiger partial charge in [-0.3, -0.25) is 0 Å². The van der Waals surface area contributed by atoms with Gasteiger partial charge >= 0.3 is 63.6 Å². The Morgan fingerprint density at radius 1 is 0.268 bits per heavy atom. The second-order valence-electron chi connectivity index (χ2n) is 21.3. The number of benzene rings is 10. The van der Waals surface area contributed by atoms with Gasteiger partial charge in [0.25, 0.3) is 0 Å². The first kappa shape index (κ1) is 64.5. The maximum absolute atomic E-state index is 6.21. The summed E-state index contributed by atoms with van der Waals surface area (Å²) in [6.45, 7) is 20.0. The highest BCUT2D eigenvalue weighted by atomic mass is 127. The molecule has 0 aliphatic heterocycles. The van der Waals surface area contributed by atoms with Crippen LogP contribution in [0.3, 0.4) is 0 Å². The molecule has 11 heteroatoms. The molecule has 418 valence electrons. The fourth-order valence-electron chi connectivity index (χ4n) is 7.80. The van der Waals surface area contributed by atoms with Gasteiger partial charge in [-0.25, -0.2) is 0 Å². The molecule has 0 saturated heterocycles. The molecular formula is C71H64I7O4+3. The fourth-order valence-corrected chi connectivity index (χ4v) is 16.6. The molecule has 0 heterocycles. The second kappa shape index (κ2) is 30.7. The van der Waals surface area contributed by atoms with Gasteiger partial charge in [0, 0.05) is 43.6 Å². The highest BCUT2D eigenvalue weighted by Crippen LogP contribution is 2.30. The summed E-state index contributed by atoms with van der Waals surface area (Å²) in [5.41, 5.74) is 7.15. The molecule has 4 nitrogen and oxygen atoms in total. The maximum Gasteiger partial charge on any atom is 0.358 e. The zero-order valence-electron chi connectivity index (χ0n) is 47.1. The lowest BCUT2D eigenvalue weighted by molar-refractivity contribution is -0.598. The third-order valence-corrected chi connectivity index (χ3v) is 24.1. The predicted octanol–water partition coefficient (Wildman–Crippen LogP) is 12.6. The van der Waals surface area contributed by atoms with Crippen LogP contribution in [0, 0.1) is 56.5 Å². The molecule has 10 rings (SSSR count). The third kappa shape index (κ3) is 20.9. The van der Waals surface area contributed by atoms with Crippen LogP contribution in [0.5, 0.6) is 46.0 Å². The van der Waals surface area contributed by atoms with Crippen molar-refractivity contribution < 1.29 is 82.6 Å². The smallest absolute Gasteiger partial charge is 0.358 e. The minimum absolute atomic E-state index is 0.144. The van der Waals surface area contributed by atoms with Crippen LogP contribution in [-0.4, -0.2) is 0 Å². The molecule has 0 aliphatic carbocycles. The van der Waals surface area contributed by atoms with Crippen LogP contribution in [0.25, 0.3) is 0 Å². The molecule has 82 heavy (non-hydrogen) atoms. The van der Waals surface area contributed by atoms with E-state index in [0.717, 1.165) is 46.0 Å². The largest absolute Gasteiger partial charge is 0.457 e. The van der Waals surface area contributed by atoms with Gasteiger partial charge in [-0.05, 0) is 309 Å². The van der Waals surface area contributed by atoms with Crippen molar-refractivity contribution in [3.8, 4) is 46.0 Å². The van der Waals surface area contributed by atoms with Crippen molar-refractivity contribution in [2.24, 2.45) is 0 Å². The van der Waals surface area contributed by atoms with Crippen LogP contribution >= 0.6 is 90.4 Å². The summed E-state index contributed by atoms with van der Waals surface area (Å²) in [4.78, 5) is 0. The van der Waals surface area contributed by atoms with Gasteiger partial charge in [-0.15, -0.1) is 0 Å². The summed E-state index contributed by atoms with van der Waals surface area (Å²) >= 11 is 8.50. The molecule has 0 bridgehead atoms. The normalized spacial score (nSPS) is 11.1. The SMILES string of the molecule is CC(C)(C)c1ccc([I+]c2cc(Oc3ccc(I)cc3)cc(Oc3ccc(I)cc3)c2)cc1.Cc1cc(Oc2ccc(I)cc2)ccc1[I+]c1ccc(C(C)(C)C)cc1.Cc1ccc(C)c([I+]c2ccc(Oc3ccc(I)cc3)cc2)c1. The molecule has 0 fully saturated rings. The van der Waals surface area contributed by atoms with E-state index >= 15 is 0 Å². The Morgan fingerprint density at radius 3 is 0.988 bits per heavy atom. The highest BCUT2D eigenvalue weighted by molar-refractivity contribution is 14.1. The van der Waals surface area contributed by atoms with Crippen molar-refractivity contribution in [3.05, 3.63) is 288 Å². The molecule has 0 aromatic heterocycles. The Labute approximate surface area is 572 Å². The lowest BCUT2D eigenvalue weighted by atomic mass is 9.87. The van der Waals surface area contributed by atoms with Crippen molar-refractivity contribution >= 4 is 90.4 Å². The van der Waals surface area contributed by atoms with Crippen molar-refractivity contribution in [1.29, 1.82) is 0 Å². The van der Waals surface area contributed by atoms with Gasteiger partial charge in [0.1, 0.15) is 46.0 Å². The minimum atomic E-state index is -0.380. The van der Waals surface area contributed by atoms with E-state index in [2.05, 4.69) is 298 Å². The Hall–Kier alpha value is -3.49. The molecule has 10 aromatic rings. The molecule has 0 unspecified atom stereocenters. The average Bonchev–Trinajstić information content (AvgIpc) is 3.48. The van der Waals surface area contributed by atoms with E-state index in [-0.39, 0.29) is 74.4 Å². The summed E-state index contributed by atoms with van der Waals surface area (Å²) in [6.07, 6.45) is 0. The Morgan fingerprint density at radius 2 is 0.598 bits per heavy atom. The van der Waals surface area contributed by atoms with Gasteiger partial charge < -0.3 is 18.9 Å². The molecule has 0 amide bonds. The summed E-state index contributed by atoms with van der Waals surface area (Å²) in [6, 6.07) is 78.5. The van der Waals surface area contributed by atoms with Crippen LogP contribution in [0.4, 0.5) is 0 Å². The highest BCUT2D eigenvalue weighted by Gasteiger charge is 2.24. The Kier molecular flexibility index (Phi) is 24.2. The number of ether oxygens (including phenoxy) is 4. The zero-order valence-corrected chi connectivity index (χ0v) is 62.2. The van der Waals surface area contributed by atoms with E-state index in [1.807, 2.05) is 78.9 Å². The van der Waals surface area contributed by atoms with Gasteiger partial charge in [-0.1, -0.05) is 77.9 Å². The summed E-state index contributed by atoms with van der Waals surface area (Å²) in [7, 11) is 0. The van der Waals surface area contributed by atoms with Crippen LogP contribution in [0.2, 0.25) is 0 Å². The van der Waals surface area contributed by atoms with Gasteiger partial charge in [0.2, 0.25) is 3.57 Å². The van der Waals surface area contributed by atoms with E-state index in [1.54, 1.807) is 0 Å². The molecule has 0 spiro atoms. The van der Waals surface area contributed by atoms with E-state index in [0.29, 0.717) is 0 Å². The number of hydrogen-bond donors (Lipinski definition) is 0. The summed E-state index contributed by atoms with van der Waals surface area (Å²) in [5.74, 6) is 6.77. The molecule has 0 saturated carbocycles. The Bertz CT molecular complexity index is 3580. The van der Waals surface area contributed by atoms with Gasteiger partial charge in [-0.2, -0.15) is 0 Å². The van der Waals surface area contributed by atoms with Gasteiger partial charge in [0.15, 0.2) is 17.9 Å². The molecule has 0 radical (unpaired) electrons. The van der Waals surface area contributed by atoms with E-state index in [4.69, 9.17) is 18.9 Å². The third-order valence-electron chi connectivity index (χ3n) is 12.4. The van der Waals surface area contributed by atoms with Crippen molar-refractivity contribution in [2.45, 2.75) is 73.1 Å². The topological polar surface area (TPSA) is 36.9 Å². The number of halogens is 7. The van der Waals surface area contributed by atoms with E-state index < -0.39 is 0 Å². The van der Waals surface area contributed by atoms with Crippen molar-refractivity contribution in [3.63, 3.8) is 0 Å². The molecule has 0 atom stereocenters. The lowest BCUT2D eigenvalue weighted by Crippen LogP contribution is -3.61. The van der Waals surface area contributed by atoms with Crippen LogP contribution < -0.4 is 82.6 Å². The van der Waals surface area contributed by atoms with Gasteiger partial charge in [0.05, 0.1) is 0 Å². The number of aryl methyl sites for hydroxylation is 3. The maximum atomic E-state index is 6.21. The van der Waals surface area contributed by atoms with Crippen LogP contribution in [0.1, 0.15) is 69.4 Å². The van der Waals surface area contributed by atoms with E-state index in [9.17, 15) is 0 Å². The first-order chi connectivity index (χ1) is 39.1. The second-order valence-corrected chi connectivity index (χ2v) is 35.2. The van der Waals surface area contributed by atoms with Crippen LogP contribution in [-0.2, 0) is 10.8 Å². The predicted molar refractivity (Wildman–Crippen MR) is 359 cm³/mol. The number of rotatable bonds is 14. The first-order valence-corrected chi connectivity index (χ1v) is 37.3. The molecule has 0 N–H and O–H groups in total. The molecule has 10 aromatic carbocycles. The average molecular weight is 1870 g/mol. The summed E-state index contributed by atoms with van der Waals surface area (Å²) in [5, 5.41) is 0. The summed E-state index contributed by atoms with van der Waals surface area (Å²) < 4.78 is 37.5. The standard InChI is InChI=1S/C28H24I3O2.C23H23I2O.C20H17I2O/c1-28(2,3)19-4-10-22(11-5-19)31-23-16-26(32-24-12-6-20(29)7-13-24)18-27(17-23)33-25-14-8-21(30)9-15-25;1-16-15-21(26-20-11-7-18(24)8-12-20)13-14-22(16)25-19-9-5-17(6-10-19)23(2,3)4;1-14-3-4-15(2)20(13-14)22-17-7-11-19(12-8-17)23-18-9-5-16(21)6-10-18/h4-18H,1-3H3;5-15H,1-4H3;3-13H,1-2H3/q3*+1. The van der Waals surface area contributed by atoms with Crippen LogP contribution in [0.15, 0.2) is 224 Å². The quantitative estimate of drug-likeness (QED) is 0.102. The van der Waals surface area contributed by atoms with Crippen molar-refractivity contribution in [1.82, 2.24) is 0 Å². The molecule has 0 aliphatic rings. The fraction of sp³-hybridized carbons (Fsp3) is 0.155. The van der Waals surface area contributed by atoms with E-state index in [1.165, 1.54) is 63.5 Å². The zero-order chi connectivity index (χ0) is 58.4. The Balaban J connectivity index is 0.000000164. The minimum Gasteiger partial charge on any atom is -0.457 e. The van der Waals surface area contributed by atoms with Crippen molar-refractivity contribution in [2.75, 3.05) is 0 Å². The lowest BCUT2D eigenvalue weighted by Gasteiger charge is -2.18. The number of hydrogen-bond acceptors (Lipinski definition) is 4. The molecular weight excluding hydrogens is 1810 g/mol. The monoisotopic (exact) mass is 1870 g/mol. The first-order valence-electron chi connectivity index (χ1n) is 26.5.